The molecule has 1 aliphatic heterocycles. The van der Waals surface area contributed by atoms with Gasteiger partial charge in [0.05, 0.1) is 4.34 Å². The van der Waals surface area contributed by atoms with Crippen LogP contribution >= 0.6 is 22.9 Å². The molecule has 0 bridgehead atoms. The first-order chi connectivity index (χ1) is 14.3. The lowest BCUT2D eigenvalue weighted by molar-refractivity contribution is -0.120. The normalized spacial score (nSPS) is 16.0. The van der Waals surface area contributed by atoms with E-state index in [2.05, 4.69) is 5.32 Å². The highest BCUT2D eigenvalue weighted by molar-refractivity contribution is 7.91. The van der Waals surface area contributed by atoms with Gasteiger partial charge in [0.2, 0.25) is 11.7 Å². The van der Waals surface area contributed by atoms with Gasteiger partial charge in [-0.25, -0.2) is 8.42 Å². The van der Waals surface area contributed by atoms with E-state index in [0.29, 0.717) is 28.1 Å². The van der Waals surface area contributed by atoms with Crippen LogP contribution in [0.5, 0.6) is 0 Å². The van der Waals surface area contributed by atoms with E-state index in [0.717, 1.165) is 11.3 Å². The lowest BCUT2D eigenvalue weighted by Crippen LogP contribution is -2.41. The molecule has 8 nitrogen and oxygen atoms in total. The molecule has 2 amide bonds. The number of carbonyl (C=O) groups excluding carboxylic acids is 2. The first-order valence-electron chi connectivity index (χ1n) is 9.15. The maximum Gasteiger partial charge on any atom is 0.286 e. The van der Waals surface area contributed by atoms with Crippen LogP contribution in [-0.2, 0) is 14.8 Å². The Morgan fingerprint density at radius 1 is 1.17 bits per heavy atom. The summed E-state index contributed by atoms with van der Waals surface area (Å²) in [6.07, 6.45) is 0.706. The first-order valence-corrected chi connectivity index (χ1v) is 11.8. The molecule has 0 saturated carbocycles. The number of hydrogen-bond donors (Lipinski definition) is 2. The maximum absolute atomic E-state index is 12.8. The molecule has 158 valence electrons. The lowest BCUT2D eigenvalue weighted by Gasteiger charge is -2.30. The molecule has 0 aliphatic carbocycles. The largest absolute Gasteiger partial charge is 0.449 e. The zero-order valence-corrected chi connectivity index (χ0v) is 18.0. The quantitative estimate of drug-likeness (QED) is 0.596. The molecule has 3 aromatic rings. The fourth-order valence-electron chi connectivity index (χ4n) is 3.49. The van der Waals surface area contributed by atoms with Crippen LogP contribution in [0.3, 0.4) is 0 Å². The van der Waals surface area contributed by atoms with Gasteiger partial charge in [-0.1, -0.05) is 23.7 Å². The number of nitrogens with two attached hydrogens (primary N) is 1. The van der Waals surface area contributed by atoms with Gasteiger partial charge in [-0.3, -0.25) is 9.59 Å². The summed E-state index contributed by atoms with van der Waals surface area (Å²) >= 11 is 6.86. The summed E-state index contributed by atoms with van der Waals surface area (Å²) in [7, 11) is -3.63. The van der Waals surface area contributed by atoms with E-state index >= 15 is 0 Å². The maximum atomic E-state index is 12.8. The molecule has 2 aromatic heterocycles. The molecule has 1 aliphatic rings. The monoisotopic (exact) mass is 467 g/mol. The number of para-hydroxylation sites is 1. The second-order valence-corrected chi connectivity index (χ2v) is 10.8. The molecule has 1 aromatic carbocycles. The third kappa shape index (κ3) is 3.83. The van der Waals surface area contributed by atoms with Crippen molar-refractivity contribution in [2.24, 2.45) is 11.7 Å². The third-order valence-electron chi connectivity index (χ3n) is 5.03. The Kier molecular flexibility index (Phi) is 5.58. The van der Waals surface area contributed by atoms with Gasteiger partial charge in [0.25, 0.3) is 15.9 Å². The summed E-state index contributed by atoms with van der Waals surface area (Å²) in [5.41, 5.74) is 6.07. The number of hydrogen-bond acceptors (Lipinski definition) is 6. The van der Waals surface area contributed by atoms with Crippen LogP contribution < -0.4 is 11.1 Å². The predicted octanol–water partition coefficient (Wildman–Crippen LogP) is 3.29. The van der Waals surface area contributed by atoms with Gasteiger partial charge in [-0.05, 0) is 37.1 Å². The zero-order valence-electron chi connectivity index (χ0n) is 15.6. The van der Waals surface area contributed by atoms with Crippen molar-refractivity contribution in [3.8, 4) is 0 Å². The molecule has 0 spiro atoms. The average Bonchev–Trinajstić information content (AvgIpc) is 3.33. The minimum absolute atomic E-state index is 0.112. The number of nitrogens with zero attached hydrogens (tertiary/aromatic N) is 1. The molecule has 4 rings (SSSR count). The highest BCUT2D eigenvalue weighted by Crippen LogP contribution is 2.33. The Balaban J connectivity index is 1.48. The Bertz CT molecular complexity index is 1230. The van der Waals surface area contributed by atoms with Crippen molar-refractivity contribution in [3.05, 3.63) is 46.5 Å². The van der Waals surface area contributed by atoms with Crippen molar-refractivity contribution in [1.82, 2.24) is 4.31 Å². The average molecular weight is 468 g/mol. The summed E-state index contributed by atoms with van der Waals surface area (Å²) < 4.78 is 32.9. The number of halogens is 1. The highest BCUT2D eigenvalue weighted by atomic mass is 35.5. The van der Waals surface area contributed by atoms with Crippen molar-refractivity contribution in [2.75, 3.05) is 18.4 Å². The fourth-order valence-corrected chi connectivity index (χ4v) is 6.60. The number of amides is 2. The van der Waals surface area contributed by atoms with E-state index in [9.17, 15) is 18.0 Å². The van der Waals surface area contributed by atoms with E-state index in [1.54, 1.807) is 30.3 Å². The van der Waals surface area contributed by atoms with Gasteiger partial charge in [-0.2, -0.15) is 4.31 Å². The number of nitrogens with one attached hydrogen (secondary N) is 1. The van der Waals surface area contributed by atoms with Gasteiger partial charge in [0.15, 0.2) is 0 Å². The second kappa shape index (κ2) is 8.03. The number of piperidine rings is 1. The molecule has 11 heteroatoms. The number of anilines is 1. The standard InChI is InChI=1S/C19H18ClN3O5S2/c20-14-5-6-15(29-14)30(26,27)23-9-7-11(8-10-23)19(25)22-16-12-3-1-2-4-13(12)28-17(16)18(21)24/h1-6,11H,7-10H2,(H2,21,24)(H,22,25). The molecular formula is C19H18ClN3O5S2. The second-order valence-electron chi connectivity index (χ2n) is 6.89. The number of thiophene rings is 1. The third-order valence-corrected chi connectivity index (χ3v) is 8.63. The summed E-state index contributed by atoms with van der Waals surface area (Å²) in [6.45, 7) is 0.426. The van der Waals surface area contributed by atoms with Crippen molar-refractivity contribution in [1.29, 1.82) is 0 Å². The number of primary amides is 1. The fraction of sp³-hybridized carbons (Fsp3) is 0.263. The van der Waals surface area contributed by atoms with E-state index in [-0.39, 0.29) is 34.7 Å². The number of rotatable bonds is 5. The summed E-state index contributed by atoms with van der Waals surface area (Å²) in [5.74, 6) is -1.60. The highest BCUT2D eigenvalue weighted by Gasteiger charge is 2.33. The van der Waals surface area contributed by atoms with Crippen LogP contribution in [0, 0.1) is 5.92 Å². The number of fused-ring (bicyclic) bond motifs is 1. The number of furan rings is 1. The molecular weight excluding hydrogens is 450 g/mol. The molecule has 0 radical (unpaired) electrons. The summed E-state index contributed by atoms with van der Waals surface area (Å²) in [6, 6.07) is 9.94. The molecule has 1 fully saturated rings. The Morgan fingerprint density at radius 3 is 2.50 bits per heavy atom. The van der Waals surface area contributed by atoms with E-state index in [1.807, 2.05) is 0 Å². The minimum Gasteiger partial charge on any atom is -0.449 e. The van der Waals surface area contributed by atoms with Crippen molar-refractivity contribution in [3.63, 3.8) is 0 Å². The number of sulfonamides is 1. The van der Waals surface area contributed by atoms with E-state index < -0.39 is 21.8 Å². The topological polar surface area (TPSA) is 123 Å². The van der Waals surface area contributed by atoms with Crippen LogP contribution in [-0.4, -0.2) is 37.6 Å². The van der Waals surface area contributed by atoms with Gasteiger partial charge in [0.1, 0.15) is 15.5 Å². The Labute approximate surface area is 181 Å². The molecule has 3 N–H and O–H groups in total. The van der Waals surface area contributed by atoms with Gasteiger partial charge >= 0.3 is 0 Å². The smallest absolute Gasteiger partial charge is 0.286 e. The van der Waals surface area contributed by atoms with Crippen LogP contribution in [0.15, 0.2) is 45.0 Å². The molecule has 3 heterocycles. The van der Waals surface area contributed by atoms with Crippen LogP contribution in [0.2, 0.25) is 4.34 Å². The van der Waals surface area contributed by atoms with E-state index in [4.69, 9.17) is 21.8 Å². The minimum atomic E-state index is -3.63. The van der Waals surface area contributed by atoms with Gasteiger partial charge in [-0.15, -0.1) is 11.3 Å². The van der Waals surface area contributed by atoms with Crippen molar-refractivity contribution < 1.29 is 22.4 Å². The van der Waals surface area contributed by atoms with Crippen LogP contribution in [0.1, 0.15) is 23.4 Å². The number of benzene rings is 1. The predicted molar refractivity (Wildman–Crippen MR) is 114 cm³/mol. The van der Waals surface area contributed by atoms with Gasteiger partial charge in [0, 0.05) is 24.4 Å². The van der Waals surface area contributed by atoms with Crippen molar-refractivity contribution in [2.45, 2.75) is 17.1 Å². The molecule has 30 heavy (non-hydrogen) atoms. The molecule has 0 atom stereocenters. The number of carbonyl (C=O) groups is 2. The van der Waals surface area contributed by atoms with Gasteiger partial charge < -0.3 is 15.5 Å². The lowest BCUT2D eigenvalue weighted by atomic mass is 9.97. The Morgan fingerprint density at radius 2 is 1.87 bits per heavy atom. The SMILES string of the molecule is NC(=O)c1oc2ccccc2c1NC(=O)C1CCN(S(=O)(=O)c2ccc(Cl)s2)CC1. The van der Waals surface area contributed by atoms with Crippen LogP contribution in [0.4, 0.5) is 5.69 Å². The summed E-state index contributed by atoms with van der Waals surface area (Å²) in [5, 5.41) is 3.33. The Hall–Kier alpha value is -2.40. The first kappa shape index (κ1) is 20.9. The van der Waals surface area contributed by atoms with E-state index in [1.165, 1.54) is 10.4 Å². The molecule has 0 unspecified atom stereocenters. The zero-order chi connectivity index (χ0) is 21.5. The van der Waals surface area contributed by atoms with Crippen molar-refractivity contribution >= 4 is 61.4 Å². The summed E-state index contributed by atoms with van der Waals surface area (Å²) in [4.78, 5) is 24.6. The van der Waals surface area contributed by atoms with Crippen LogP contribution in [0.25, 0.3) is 11.0 Å². The molecule has 1 saturated heterocycles.